The number of nitrogens with two attached hydrogens (primary N) is 1. The molecule has 3 aromatic rings. The third-order valence-corrected chi connectivity index (χ3v) is 4.66. The third kappa shape index (κ3) is 3.22. The first-order valence-corrected chi connectivity index (χ1v) is 8.04. The van der Waals surface area contributed by atoms with Gasteiger partial charge >= 0.3 is 0 Å². The van der Waals surface area contributed by atoms with Crippen LogP contribution in [-0.4, -0.2) is 6.61 Å². The zero-order chi connectivity index (χ0) is 16.3. The van der Waals surface area contributed by atoms with Gasteiger partial charge in [-0.2, -0.15) is 0 Å². The predicted molar refractivity (Wildman–Crippen MR) is 96.6 cm³/mol. The molecule has 0 aromatic heterocycles. The van der Waals surface area contributed by atoms with E-state index in [9.17, 15) is 0 Å². The third-order valence-electron chi connectivity index (χ3n) is 4.66. The fraction of sp³-hybridized carbons (Fsp3) is 0.238. The maximum absolute atomic E-state index is 6.58. The minimum absolute atomic E-state index is 0.184. The minimum Gasteiger partial charge on any atom is -0.493 e. The number of benzene rings is 3. The molecule has 0 aliphatic heterocycles. The first-order valence-electron chi connectivity index (χ1n) is 8.04. The van der Waals surface area contributed by atoms with Crippen molar-refractivity contribution in [1.82, 2.24) is 0 Å². The lowest BCUT2D eigenvalue weighted by molar-refractivity contribution is 0.193. The lowest BCUT2D eigenvalue weighted by atomic mass is 9.82. The summed E-state index contributed by atoms with van der Waals surface area (Å²) in [5.74, 6) is 1.10. The van der Waals surface area contributed by atoms with E-state index in [0.717, 1.165) is 16.7 Å². The molecule has 0 aliphatic rings. The Morgan fingerprint density at radius 3 is 2.35 bits per heavy atom. The van der Waals surface area contributed by atoms with Gasteiger partial charge in [0.2, 0.25) is 0 Å². The molecule has 2 heteroatoms. The van der Waals surface area contributed by atoms with Crippen molar-refractivity contribution in [3.8, 4) is 5.75 Å². The standard InChI is InChI=1S/C21H23NO/c1-16(21(2,22)18-11-4-3-5-12-18)15-23-20-14-8-10-17-9-6-7-13-19(17)20/h3-14,16H,15,22H2,1-2H3. The van der Waals surface area contributed by atoms with Gasteiger partial charge in [0.15, 0.2) is 0 Å². The van der Waals surface area contributed by atoms with Crippen LogP contribution in [0.4, 0.5) is 0 Å². The van der Waals surface area contributed by atoms with Crippen LogP contribution < -0.4 is 10.5 Å². The van der Waals surface area contributed by atoms with Gasteiger partial charge in [0.05, 0.1) is 6.61 Å². The zero-order valence-electron chi connectivity index (χ0n) is 13.7. The number of ether oxygens (including phenoxy) is 1. The van der Waals surface area contributed by atoms with E-state index in [4.69, 9.17) is 10.5 Å². The maximum atomic E-state index is 6.58. The molecule has 2 N–H and O–H groups in total. The van der Waals surface area contributed by atoms with Crippen molar-refractivity contribution < 1.29 is 4.74 Å². The number of rotatable bonds is 5. The Morgan fingerprint density at radius 2 is 1.57 bits per heavy atom. The summed E-state index contributed by atoms with van der Waals surface area (Å²) in [4.78, 5) is 0. The molecule has 0 bridgehead atoms. The van der Waals surface area contributed by atoms with Crippen molar-refractivity contribution in [2.24, 2.45) is 11.7 Å². The van der Waals surface area contributed by atoms with E-state index in [0.29, 0.717) is 6.61 Å². The Labute approximate surface area is 137 Å². The minimum atomic E-state index is -0.425. The average molecular weight is 305 g/mol. The first kappa shape index (κ1) is 15.6. The lowest BCUT2D eigenvalue weighted by Gasteiger charge is -2.32. The van der Waals surface area contributed by atoms with E-state index < -0.39 is 5.54 Å². The second-order valence-corrected chi connectivity index (χ2v) is 6.34. The largest absolute Gasteiger partial charge is 0.493 e. The quantitative estimate of drug-likeness (QED) is 0.739. The van der Waals surface area contributed by atoms with E-state index in [2.05, 4.69) is 44.2 Å². The van der Waals surface area contributed by atoms with Crippen LogP contribution in [0.15, 0.2) is 72.8 Å². The molecule has 0 saturated carbocycles. The van der Waals surface area contributed by atoms with Gasteiger partial charge in [0.1, 0.15) is 5.75 Å². The molecular weight excluding hydrogens is 282 g/mol. The Kier molecular flexibility index (Phi) is 4.35. The van der Waals surface area contributed by atoms with Crippen LogP contribution >= 0.6 is 0 Å². The van der Waals surface area contributed by atoms with E-state index in [1.54, 1.807) is 0 Å². The summed E-state index contributed by atoms with van der Waals surface area (Å²) in [6.07, 6.45) is 0. The highest BCUT2D eigenvalue weighted by Crippen LogP contribution is 2.29. The van der Waals surface area contributed by atoms with Crippen LogP contribution in [0.25, 0.3) is 10.8 Å². The fourth-order valence-corrected chi connectivity index (χ4v) is 2.79. The SMILES string of the molecule is CC(COc1cccc2ccccc12)C(C)(N)c1ccccc1. The highest BCUT2D eigenvalue weighted by molar-refractivity contribution is 5.88. The lowest BCUT2D eigenvalue weighted by Crippen LogP contribution is -2.42. The molecule has 0 heterocycles. The molecule has 0 aliphatic carbocycles. The zero-order valence-corrected chi connectivity index (χ0v) is 13.7. The van der Waals surface area contributed by atoms with Crippen LogP contribution in [0.2, 0.25) is 0 Å². The van der Waals surface area contributed by atoms with E-state index in [1.807, 2.05) is 42.5 Å². The molecule has 2 atom stereocenters. The van der Waals surface area contributed by atoms with Crippen molar-refractivity contribution in [2.75, 3.05) is 6.61 Å². The number of hydrogen-bond acceptors (Lipinski definition) is 2. The molecule has 3 aromatic carbocycles. The highest BCUT2D eigenvalue weighted by atomic mass is 16.5. The normalized spacial score (nSPS) is 15.1. The molecule has 3 rings (SSSR count). The maximum Gasteiger partial charge on any atom is 0.127 e. The Balaban J connectivity index is 1.77. The molecule has 0 saturated heterocycles. The van der Waals surface area contributed by atoms with Gasteiger partial charge in [0.25, 0.3) is 0 Å². The van der Waals surface area contributed by atoms with E-state index >= 15 is 0 Å². The van der Waals surface area contributed by atoms with Crippen molar-refractivity contribution >= 4 is 10.8 Å². The first-order chi connectivity index (χ1) is 11.1. The molecule has 118 valence electrons. The smallest absolute Gasteiger partial charge is 0.127 e. The summed E-state index contributed by atoms with van der Waals surface area (Å²) in [6.45, 7) is 4.79. The Bertz CT molecular complexity index is 775. The van der Waals surface area contributed by atoms with E-state index in [-0.39, 0.29) is 5.92 Å². The summed E-state index contributed by atoms with van der Waals surface area (Å²) < 4.78 is 6.11. The molecule has 2 unspecified atom stereocenters. The Hall–Kier alpha value is -2.32. The monoisotopic (exact) mass is 305 g/mol. The fourth-order valence-electron chi connectivity index (χ4n) is 2.79. The molecule has 0 amide bonds. The molecule has 0 fully saturated rings. The van der Waals surface area contributed by atoms with Crippen LogP contribution in [0.3, 0.4) is 0 Å². The van der Waals surface area contributed by atoms with Gasteiger partial charge in [-0.3, -0.25) is 0 Å². The second kappa shape index (κ2) is 6.43. The van der Waals surface area contributed by atoms with Gasteiger partial charge in [-0.1, -0.05) is 73.7 Å². The van der Waals surface area contributed by atoms with Gasteiger partial charge in [-0.15, -0.1) is 0 Å². The topological polar surface area (TPSA) is 35.2 Å². The molecule has 2 nitrogen and oxygen atoms in total. The number of fused-ring (bicyclic) bond motifs is 1. The van der Waals surface area contributed by atoms with Crippen molar-refractivity contribution in [2.45, 2.75) is 19.4 Å². The van der Waals surface area contributed by atoms with Crippen molar-refractivity contribution in [1.29, 1.82) is 0 Å². The van der Waals surface area contributed by atoms with Gasteiger partial charge in [-0.05, 0) is 23.9 Å². The Morgan fingerprint density at radius 1 is 0.913 bits per heavy atom. The second-order valence-electron chi connectivity index (χ2n) is 6.34. The molecule has 23 heavy (non-hydrogen) atoms. The summed E-state index contributed by atoms with van der Waals surface area (Å²) in [5.41, 5.74) is 7.29. The van der Waals surface area contributed by atoms with Crippen LogP contribution in [-0.2, 0) is 5.54 Å². The summed E-state index contributed by atoms with van der Waals surface area (Å²) in [7, 11) is 0. The summed E-state index contributed by atoms with van der Waals surface area (Å²) in [6, 6.07) is 24.6. The predicted octanol–water partition coefficient (Wildman–Crippen LogP) is 4.73. The van der Waals surface area contributed by atoms with Crippen LogP contribution in [0.5, 0.6) is 5.75 Å². The van der Waals surface area contributed by atoms with Gasteiger partial charge in [-0.25, -0.2) is 0 Å². The van der Waals surface area contributed by atoms with Crippen molar-refractivity contribution in [3.63, 3.8) is 0 Å². The average Bonchev–Trinajstić information content (AvgIpc) is 2.60. The summed E-state index contributed by atoms with van der Waals surface area (Å²) in [5, 5.41) is 2.33. The van der Waals surface area contributed by atoms with Crippen LogP contribution in [0.1, 0.15) is 19.4 Å². The van der Waals surface area contributed by atoms with E-state index in [1.165, 1.54) is 5.39 Å². The molecule has 0 spiro atoms. The van der Waals surface area contributed by atoms with Crippen LogP contribution in [0, 0.1) is 5.92 Å². The van der Waals surface area contributed by atoms with Gasteiger partial charge < -0.3 is 10.5 Å². The van der Waals surface area contributed by atoms with Crippen molar-refractivity contribution in [3.05, 3.63) is 78.4 Å². The summed E-state index contributed by atoms with van der Waals surface area (Å²) >= 11 is 0. The van der Waals surface area contributed by atoms with Gasteiger partial charge in [0, 0.05) is 16.8 Å². The molecule has 0 radical (unpaired) electrons. The molecular formula is C21H23NO. The highest BCUT2D eigenvalue weighted by Gasteiger charge is 2.29. The number of hydrogen-bond donors (Lipinski definition) is 1.